The van der Waals surface area contributed by atoms with E-state index < -0.39 is 5.92 Å². The van der Waals surface area contributed by atoms with E-state index in [1.54, 1.807) is 0 Å². The quantitative estimate of drug-likeness (QED) is 0.737. The van der Waals surface area contributed by atoms with E-state index in [1.807, 2.05) is 24.3 Å². The van der Waals surface area contributed by atoms with E-state index in [9.17, 15) is 9.90 Å². The highest BCUT2D eigenvalue weighted by Crippen LogP contribution is 2.23. The average molecular weight is 305 g/mol. The van der Waals surface area contributed by atoms with Crippen molar-refractivity contribution >= 4 is 5.91 Å². The van der Waals surface area contributed by atoms with E-state index in [1.165, 1.54) is 0 Å². The third-order valence-corrected chi connectivity index (χ3v) is 4.02. The summed E-state index contributed by atoms with van der Waals surface area (Å²) in [4.78, 5) is 12.1. The molecule has 0 aromatic heterocycles. The SMILES string of the molecule is CCCC(C)COc1ccc(C(CO)C(=O)NC2CC2)cc1. The molecule has 1 aromatic rings. The molecule has 2 unspecified atom stereocenters. The largest absolute Gasteiger partial charge is 0.493 e. The highest BCUT2D eigenvalue weighted by atomic mass is 16.5. The fraction of sp³-hybridized carbons (Fsp3) is 0.611. The number of carbonyl (C=O) groups is 1. The summed E-state index contributed by atoms with van der Waals surface area (Å²) in [5, 5.41) is 12.4. The van der Waals surface area contributed by atoms with Gasteiger partial charge in [0.15, 0.2) is 0 Å². The van der Waals surface area contributed by atoms with Gasteiger partial charge < -0.3 is 15.2 Å². The molecule has 122 valence electrons. The Bertz CT molecular complexity index is 468. The van der Waals surface area contributed by atoms with E-state index in [0.717, 1.165) is 37.0 Å². The van der Waals surface area contributed by atoms with Crippen LogP contribution in [0, 0.1) is 5.92 Å². The van der Waals surface area contributed by atoms with Crippen molar-refractivity contribution in [3.8, 4) is 5.75 Å². The number of amides is 1. The van der Waals surface area contributed by atoms with Gasteiger partial charge in [0, 0.05) is 6.04 Å². The number of ether oxygens (including phenoxy) is 1. The fourth-order valence-electron chi connectivity index (χ4n) is 2.48. The molecule has 1 fully saturated rings. The second kappa shape index (κ2) is 8.18. The minimum absolute atomic E-state index is 0.0877. The molecule has 2 N–H and O–H groups in total. The van der Waals surface area contributed by atoms with Crippen molar-refractivity contribution in [3.05, 3.63) is 29.8 Å². The summed E-state index contributed by atoms with van der Waals surface area (Å²) in [7, 11) is 0. The molecule has 0 spiro atoms. The summed E-state index contributed by atoms with van der Waals surface area (Å²) in [6.07, 6.45) is 4.42. The highest BCUT2D eigenvalue weighted by Gasteiger charge is 2.27. The summed E-state index contributed by atoms with van der Waals surface area (Å²) in [5.74, 6) is 0.772. The smallest absolute Gasteiger partial charge is 0.230 e. The van der Waals surface area contributed by atoms with Crippen molar-refractivity contribution in [2.75, 3.05) is 13.2 Å². The third kappa shape index (κ3) is 5.02. The van der Waals surface area contributed by atoms with Crippen molar-refractivity contribution in [2.24, 2.45) is 5.92 Å². The van der Waals surface area contributed by atoms with Crippen molar-refractivity contribution in [3.63, 3.8) is 0 Å². The van der Waals surface area contributed by atoms with Gasteiger partial charge in [0.25, 0.3) is 0 Å². The third-order valence-electron chi connectivity index (χ3n) is 4.02. The summed E-state index contributed by atoms with van der Waals surface area (Å²) in [5.41, 5.74) is 0.828. The predicted molar refractivity (Wildman–Crippen MR) is 87.0 cm³/mol. The van der Waals surface area contributed by atoms with Crippen LogP contribution in [-0.4, -0.2) is 30.3 Å². The lowest BCUT2D eigenvalue weighted by molar-refractivity contribution is -0.123. The normalized spacial score (nSPS) is 16.9. The standard InChI is InChI=1S/C18H27NO3/c1-3-4-13(2)12-22-16-9-5-14(6-10-16)17(11-20)18(21)19-15-7-8-15/h5-6,9-10,13,15,17,20H,3-4,7-8,11-12H2,1-2H3,(H,19,21). The second-order valence-electron chi connectivity index (χ2n) is 6.29. The second-order valence-corrected chi connectivity index (χ2v) is 6.29. The Kier molecular flexibility index (Phi) is 6.25. The van der Waals surface area contributed by atoms with Gasteiger partial charge in [-0.25, -0.2) is 0 Å². The number of benzene rings is 1. The molecule has 1 aromatic carbocycles. The van der Waals surface area contributed by atoms with Gasteiger partial charge in [-0.15, -0.1) is 0 Å². The zero-order valence-electron chi connectivity index (χ0n) is 13.5. The molecule has 1 amide bonds. The molecule has 22 heavy (non-hydrogen) atoms. The van der Waals surface area contributed by atoms with E-state index in [2.05, 4.69) is 19.2 Å². The summed E-state index contributed by atoms with van der Waals surface area (Å²) < 4.78 is 5.76. The maximum absolute atomic E-state index is 12.1. The first-order valence-electron chi connectivity index (χ1n) is 8.28. The molecular formula is C18H27NO3. The number of hydrogen-bond donors (Lipinski definition) is 2. The monoisotopic (exact) mass is 305 g/mol. The molecule has 0 radical (unpaired) electrons. The molecule has 0 bridgehead atoms. The Morgan fingerprint density at radius 3 is 2.59 bits per heavy atom. The van der Waals surface area contributed by atoms with Gasteiger partial charge >= 0.3 is 0 Å². The van der Waals surface area contributed by atoms with Gasteiger partial charge in [-0.1, -0.05) is 32.4 Å². The van der Waals surface area contributed by atoms with Gasteiger partial charge in [0.1, 0.15) is 5.75 Å². The molecule has 2 atom stereocenters. The van der Waals surface area contributed by atoms with Crippen LogP contribution in [-0.2, 0) is 4.79 Å². The Hall–Kier alpha value is -1.55. The van der Waals surface area contributed by atoms with E-state index in [0.29, 0.717) is 18.6 Å². The fourth-order valence-corrected chi connectivity index (χ4v) is 2.48. The molecule has 1 aliphatic carbocycles. The topological polar surface area (TPSA) is 58.6 Å². The van der Waals surface area contributed by atoms with Crippen LogP contribution in [0.15, 0.2) is 24.3 Å². The lowest BCUT2D eigenvalue weighted by Crippen LogP contribution is -2.32. The number of nitrogens with one attached hydrogen (secondary N) is 1. The Balaban J connectivity index is 1.89. The number of carbonyl (C=O) groups excluding carboxylic acids is 1. The first-order chi connectivity index (χ1) is 10.6. The van der Waals surface area contributed by atoms with Crippen LogP contribution in [0.3, 0.4) is 0 Å². The van der Waals surface area contributed by atoms with Crippen molar-refractivity contribution in [2.45, 2.75) is 51.5 Å². The van der Waals surface area contributed by atoms with Crippen LogP contribution in [0.25, 0.3) is 0 Å². The van der Waals surface area contributed by atoms with Crippen LogP contribution in [0.1, 0.15) is 51.0 Å². The molecule has 2 rings (SSSR count). The minimum Gasteiger partial charge on any atom is -0.493 e. The molecule has 4 heteroatoms. The van der Waals surface area contributed by atoms with Gasteiger partial charge in [-0.3, -0.25) is 4.79 Å². The van der Waals surface area contributed by atoms with E-state index in [-0.39, 0.29) is 12.5 Å². The predicted octanol–water partition coefficient (Wildman–Crippen LogP) is 2.86. The zero-order valence-corrected chi connectivity index (χ0v) is 13.5. The highest BCUT2D eigenvalue weighted by molar-refractivity contribution is 5.84. The van der Waals surface area contributed by atoms with Gasteiger partial charge in [-0.2, -0.15) is 0 Å². The Labute approximate surface area is 132 Å². The van der Waals surface area contributed by atoms with E-state index in [4.69, 9.17) is 4.74 Å². The molecule has 4 nitrogen and oxygen atoms in total. The number of aliphatic hydroxyl groups excluding tert-OH is 1. The molecule has 0 saturated heterocycles. The van der Waals surface area contributed by atoms with Crippen LogP contribution >= 0.6 is 0 Å². The van der Waals surface area contributed by atoms with E-state index >= 15 is 0 Å². The Morgan fingerprint density at radius 2 is 2.05 bits per heavy atom. The molecule has 1 aliphatic rings. The van der Waals surface area contributed by atoms with Crippen LogP contribution in [0.5, 0.6) is 5.75 Å². The van der Waals surface area contributed by atoms with Crippen LogP contribution in [0.4, 0.5) is 0 Å². The van der Waals surface area contributed by atoms with Gasteiger partial charge in [0.2, 0.25) is 5.91 Å². The summed E-state index contributed by atoms with van der Waals surface area (Å²) >= 11 is 0. The Morgan fingerprint density at radius 1 is 1.36 bits per heavy atom. The number of rotatable bonds is 9. The maximum Gasteiger partial charge on any atom is 0.230 e. The molecular weight excluding hydrogens is 278 g/mol. The molecule has 0 heterocycles. The van der Waals surface area contributed by atoms with Gasteiger partial charge in [-0.05, 0) is 42.9 Å². The minimum atomic E-state index is -0.492. The zero-order chi connectivity index (χ0) is 15.9. The first-order valence-corrected chi connectivity index (χ1v) is 8.28. The molecule has 1 saturated carbocycles. The lowest BCUT2D eigenvalue weighted by Gasteiger charge is -2.16. The van der Waals surface area contributed by atoms with Crippen LogP contribution < -0.4 is 10.1 Å². The van der Waals surface area contributed by atoms with Crippen LogP contribution in [0.2, 0.25) is 0 Å². The number of hydrogen-bond acceptors (Lipinski definition) is 3. The number of aliphatic hydroxyl groups is 1. The van der Waals surface area contributed by atoms with Crippen molar-refractivity contribution in [1.82, 2.24) is 5.32 Å². The maximum atomic E-state index is 12.1. The summed E-state index contributed by atoms with van der Waals surface area (Å²) in [6, 6.07) is 7.80. The molecule has 0 aliphatic heterocycles. The van der Waals surface area contributed by atoms with Crippen molar-refractivity contribution in [1.29, 1.82) is 0 Å². The lowest BCUT2D eigenvalue weighted by atomic mass is 9.99. The summed E-state index contributed by atoms with van der Waals surface area (Å²) in [6.45, 7) is 4.89. The first kappa shape index (κ1) is 16.8. The average Bonchev–Trinajstić information content (AvgIpc) is 3.31. The van der Waals surface area contributed by atoms with Crippen molar-refractivity contribution < 1.29 is 14.6 Å². The van der Waals surface area contributed by atoms with Gasteiger partial charge in [0.05, 0.1) is 19.1 Å².